The molecule has 0 radical (unpaired) electrons. The zero-order chi connectivity index (χ0) is 35.0. The van der Waals surface area contributed by atoms with Gasteiger partial charge in [-0.3, -0.25) is 0 Å². The highest BCUT2D eigenvalue weighted by Crippen LogP contribution is 2.44. The van der Waals surface area contributed by atoms with Crippen LogP contribution in [0.25, 0.3) is 110 Å². The fourth-order valence-electron chi connectivity index (χ4n) is 8.10. The summed E-state index contributed by atoms with van der Waals surface area (Å²) in [5.41, 5.74) is 13.2. The van der Waals surface area contributed by atoms with Crippen molar-refractivity contribution in [2.45, 2.75) is 0 Å². The second-order valence-corrected chi connectivity index (χ2v) is 13.6. The minimum absolute atomic E-state index is 0.478. The number of hydrogen-bond donors (Lipinski definition) is 0. The van der Waals surface area contributed by atoms with Crippen LogP contribution in [-0.4, -0.2) is 4.57 Å². The summed E-state index contributed by atoms with van der Waals surface area (Å²) in [6.07, 6.45) is 0. The van der Waals surface area contributed by atoms with Crippen molar-refractivity contribution in [2.75, 3.05) is 0 Å². The van der Waals surface area contributed by atoms with E-state index in [2.05, 4.69) is 155 Å². The van der Waals surface area contributed by atoms with Gasteiger partial charge in [0.25, 0.3) is 0 Å². The Morgan fingerprint density at radius 1 is 0.377 bits per heavy atom. The molecule has 4 nitrogen and oxygen atoms in total. The largest absolute Gasteiger partial charge is 0.465 e. The van der Waals surface area contributed by atoms with Crippen LogP contribution in [0.2, 0.25) is 0 Å². The lowest BCUT2D eigenvalue weighted by Gasteiger charge is -2.09. The van der Waals surface area contributed by atoms with Gasteiger partial charge in [-0.15, -0.1) is 0 Å². The van der Waals surface area contributed by atoms with E-state index in [1.807, 2.05) is 24.3 Å². The number of hydrogen-bond acceptors (Lipinski definition) is 2. The highest BCUT2D eigenvalue weighted by molar-refractivity contribution is 6.16. The number of nitrogens with zero attached hydrogens (tertiary/aromatic N) is 2. The third kappa shape index (κ3) is 4.48. The van der Waals surface area contributed by atoms with Gasteiger partial charge in [0.05, 0.1) is 23.3 Å². The Balaban J connectivity index is 1.14. The summed E-state index contributed by atoms with van der Waals surface area (Å²) in [4.78, 5) is 3.97. The SMILES string of the molecule is [C-]#[N+]c1cc(-c2ccc3c(c2)oc2ccccc23)cc2c1oc1c(-n3c4ccc(-c5ccccc5)cc4c4cc(-c5ccccc5)ccc43)cccc12. The van der Waals surface area contributed by atoms with Crippen molar-refractivity contribution in [1.82, 2.24) is 4.57 Å². The summed E-state index contributed by atoms with van der Waals surface area (Å²) in [7, 11) is 0. The van der Waals surface area contributed by atoms with Gasteiger partial charge in [0.2, 0.25) is 5.69 Å². The molecule has 0 saturated heterocycles. The van der Waals surface area contributed by atoms with Gasteiger partial charge in [-0.1, -0.05) is 109 Å². The molecule has 4 heteroatoms. The first-order valence-electron chi connectivity index (χ1n) is 17.7. The van der Waals surface area contributed by atoms with Crippen LogP contribution < -0.4 is 0 Å². The maximum Gasteiger partial charge on any atom is 0.230 e. The average Bonchev–Trinajstić information content (AvgIpc) is 3.90. The molecule has 0 unspecified atom stereocenters. The molecule has 0 atom stereocenters. The van der Waals surface area contributed by atoms with Crippen LogP contribution in [0.4, 0.5) is 5.69 Å². The lowest BCUT2D eigenvalue weighted by molar-refractivity contribution is 0.668. The van der Waals surface area contributed by atoms with Gasteiger partial charge >= 0.3 is 0 Å². The number of furan rings is 2. The Hall–Kier alpha value is -7.35. The molecule has 0 fully saturated rings. The number of rotatable bonds is 4. The summed E-state index contributed by atoms with van der Waals surface area (Å²) >= 11 is 0. The zero-order valence-electron chi connectivity index (χ0n) is 28.4. The number of aromatic nitrogens is 1. The lowest BCUT2D eigenvalue weighted by atomic mass is 10.00. The number of para-hydroxylation sites is 2. The van der Waals surface area contributed by atoms with Crippen molar-refractivity contribution >= 4 is 71.4 Å². The smallest absolute Gasteiger partial charge is 0.230 e. The first-order valence-corrected chi connectivity index (χ1v) is 17.7. The molecule has 0 N–H and O–H groups in total. The van der Waals surface area contributed by atoms with Crippen molar-refractivity contribution in [2.24, 2.45) is 0 Å². The Morgan fingerprint density at radius 2 is 0.962 bits per heavy atom. The molecular formula is C49H28N2O2. The lowest BCUT2D eigenvalue weighted by Crippen LogP contribution is -1.94. The molecule has 8 aromatic carbocycles. The van der Waals surface area contributed by atoms with Gasteiger partial charge in [0.15, 0.2) is 5.58 Å². The molecule has 53 heavy (non-hydrogen) atoms. The molecule has 0 bridgehead atoms. The Bertz CT molecular complexity index is 3190. The summed E-state index contributed by atoms with van der Waals surface area (Å²) < 4.78 is 15.3. The van der Waals surface area contributed by atoms with Crippen molar-refractivity contribution < 1.29 is 8.83 Å². The molecule has 0 aliphatic heterocycles. The number of fused-ring (bicyclic) bond motifs is 9. The summed E-state index contributed by atoms with van der Waals surface area (Å²) in [6.45, 7) is 8.19. The minimum Gasteiger partial charge on any atom is -0.465 e. The van der Waals surface area contributed by atoms with E-state index in [-0.39, 0.29) is 0 Å². The van der Waals surface area contributed by atoms with Crippen LogP contribution in [0.1, 0.15) is 0 Å². The van der Waals surface area contributed by atoms with Gasteiger partial charge in [0, 0.05) is 32.3 Å². The summed E-state index contributed by atoms with van der Waals surface area (Å²) in [5, 5.41) is 6.37. The summed E-state index contributed by atoms with van der Waals surface area (Å²) in [5.74, 6) is 0. The molecule has 3 aromatic heterocycles. The molecule has 0 spiro atoms. The van der Waals surface area contributed by atoms with E-state index in [0.717, 1.165) is 76.9 Å². The van der Waals surface area contributed by atoms with Crippen LogP contribution >= 0.6 is 0 Å². The Kier molecular flexibility index (Phi) is 6.28. The maximum absolute atomic E-state index is 8.19. The first kappa shape index (κ1) is 29.4. The predicted octanol–water partition coefficient (Wildman–Crippen LogP) is 14.1. The normalized spacial score (nSPS) is 11.8. The van der Waals surface area contributed by atoms with E-state index in [1.165, 1.54) is 22.3 Å². The Labute approximate surface area is 304 Å². The van der Waals surface area contributed by atoms with Crippen molar-refractivity contribution in [1.29, 1.82) is 0 Å². The van der Waals surface area contributed by atoms with E-state index in [9.17, 15) is 0 Å². The number of benzene rings is 8. The van der Waals surface area contributed by atoms with E-state index < -0.39 is 0 Å². The first-order chi connectivity index (χ1) is 26.2. The van der Waals surface area contributed by atoms with Crippen LogP contribution in [0, 0.1) is 6.57 Å². The van der Waals surface area contributed by atoms with Gasteiger partial charge in [-0.05, 0) is 94.0 Å². The van der Waals surface area contributed by atoms with Gasteiger partial charge in [-0.2, -0.15) is 0 Å². The maximum atomic E-state index is 8.19. The van der Waals surface area contributed by atoms with Crippen LogP contribution in [0.15, 0.2) is 179 Å². The van der Waals surface area contributed by atoms with Crippen molar-refractivity contribution in [3.63, 3.8) is 0 Å². The fraction of sp³-hybridized carbons (Fsp3) is 0. The quantitative estimate of drug-likeness (QED) is 0.174. The zero-order valence-corrected chi connectivity index (χ0v) is 28.4. The molecule has 0 aliphatic carbocycles. The second kappa shape index (κ2) is 11.3. The molecule has 11 rings (SSSR count). The fourth-order valence-corrected chi connectivity index (χ4v) is 8.10. The summed E-state index contributed by atoms with van der Waals surface area (Å²) in [6, 6.07) is 59.3. The monoisotopic (exact) mass is 676 g/mol. The molecule has 3 heterocycles. The third-order valence-corrected chi connectivity index (χ3v) is 10.6. The second-order valence-electron chi connectivity index (χ2n) is 13.6. The van der Waals surface area contributed by atoms with E-state index in [4.69, 9.17) is 15.4 Å². The topological polar surface area (TPSA) is 35.6 Å². The van der Waals surface area contributed by atoms with Crippen LogP contribution in [0.3, 0.4) is 0 Å². The average molecular weight is 677 g/mol. The van der Waals surface area contributed by atoms with Gasteiger partial charge in [0.1, 0.15) is 16.7 Å². The standard InChI is InChI=1S/C49H28N2O2/c1-50-42-28-35(34-19-22-37-36-15-8-9-18-46(36)52-47(37)29-34)27-41-38-16-10-17-45(49(38)53-48(41)42)51-43-23-20-32(30-11-4-2-5-12-30)25-39(43)40-26-33(21-24-44(40)51)31-13-6-3-7-14-31/h2-29H. The molecule has 11 aromatic rings. The third-order valence-electron chi connectivity index (χ3n) is 10.6. The van der Waals surface area contributed by atoms with Gasteiger partial charge < -0.3 is 13.4 Å². The molecule has 246 valence electrons. The van der Waals surface area contributed by atoms with E-state index in [0.29, 0.717) is 11.3 Å². The Morgan fingerprint density at radius 3 is 1.66 bits per heavy atom. The molecular weight excluding hydrogens is 649 g/mol. The minimum atomic E-state index is 0.478. The highest BCUT2D eigenvalue weighted by Gasteiger charge is 2.21. The molecule has 0 aliphatic rings. The molecule has 0 saturated carbocycles. The van der Waals surface area contributed by atoms with Crippen LogP contribution in [0.5, 0.6) is 0 Å². The molecule has 0 amide bonds. The van der Waals surface area contributed by atoms with E-state index in [1.54, 1.807) is 0 Å². The van der Waals surface area contributed by atoms with Crippen molar-refractivity contribution in [3.8, 4) is 39.1 Å². The van der Waals surface area contributed by atoms with Crippen molar-refractivity contribution in [3.05, 3.63) is 181 Å². The van der Waals surface area contributed by atoms with Gasteiger partial charge in [-0.25, -0.2) is 4.85 Å². The predicted molar refractivity (Wildman–Crippen MR) is 218 cm³/mol. The van der Waals surface area contributed by atoms with E-state index >= 15 is 0 Å². The highest BCUT2D eigenvalue weighted by atomic mass is 16.3. The van der Waals surface area contributed by atoms with Crippen LogP contribution in [-0.2, 0) is 0 Å².